The van der Waals surface area contributed by atoms with Crippen LogP contribution in [0.25, 0.3) is 0 Å². The Morgan fingerprint density at radius 2 is 2.07 bits per heavy atom. The summed E-state index contributed by atoms with van der Waals surface area (Å²) >= 11 is 1.18. The van der Waals surface area contributed by atoms with Gasteiger partial charge in [0, 0.05) is 24.5 Å². The first-order valence-electron chi connectivity index (χ1n) is 8.49. The van der Waals surface area contributed by atoms with Crippen molar-refractivity contribution in [2.75, 3.05) is 42.3 Å². The third-order valence-corrected chi connectivity index (χ3v) is 5.05. The fourth-order valence-corrected chi connectivity index (χ4v) is 3.30. The number of nitrogens with two attached hydrogens (primary N) is 1. The first-order valence-corrected chi connectivity index (χ1v) is 9.37. The van der Waals surface area contributed by atoms with Gasteiger partial charge in [-0.15, -0.1) is 0 Å². The van der Waals surface area contributed by atoms with E-state index in [1.807, 2.05) is 30.3 Å². The molecule has 1 saturated heterocycles. The van der Waals surface area contributed by atoms with Gasteiger partial charge in [-0.3, -0.25) is 4.79 Å². The average Bonchev–Trinajstić information content (AvgIpc) is 2.69. The number of carbonyl (C=O) groups excluding carboxylic acids is 1. The van der Waals surface area contributed by atoms with Crippen molar-refractivity contribution >= 4 is 34.9 Å². The van der Waals surface area contributed by atoms with Gasteiger partial charge in [-0.1, -0.05) is 11.8 Å². The normalized spacial score (nSPS) is 15.0. The molecule has 1 aliphatic rings. The summed E-state index contributed by atoms with van der Waals surface area (Å²) in [6.07, 6.45) is 1.36. The molecule has 0 saturated carbocycles. The highest BCUT2D eigenvalue weighted by Crippen LogP contribution is 2.23. The molecule has 1 aromatic carbocycles. The smallest absolute Gasteiger partial charge is 0.237 e. The molecular weight excluding hydrogens is 364 g/mol. The van der Waals surface area contributed by atoms with Crippen molar-refractivity contribution < 1.29 is 9.53 Å². The number of nitrogens with one attached hydrogen (secondary N) is 1. The van der Waals surface area contributed by atoms with Crippen molar-refractivity contribution in [3.05, 3.63) is 36.0 Å². The number of rotatable bonds is 5. The minimum Gasteiger partial charge on any atom is -0.382 e. The lowest BCUT2D eigenvalue weighted by atomic mass is 10.2. The topological polar surface area (TPSA) is 117 Å². The number of nitrogen functional groups attached to an aromatic ring is 1. The van der Waals surface area contributed by atoms with Crippen LogP contribution in [-0.2, 0) is 9.53 Å². The number of thioether (sulfide) groups is 1. The van der Waals surface area contributed by atoms with E-state index in [0.29, 0.717) is 5.16 Å². The van der Waals surface area contributed by atoms with Crippen LogP contribution in [0.1, 0.15) is 12.5 Å². The third-order valence-electron chi connectivity index (χ3n) is 4.08. The van der Waals surface area contributed by atoms with Gasteiger partial charge in [0.2, 0.25) is 5.91 Å². The van der Waals surface area contributed by atoms with Crippen LogP contribution in [0.15, 0.2) is 35.6 Å². The van der Waals surface area contributed by atoms with Crippen molar-refractivity contribution in [1.82, 2.24) is 9.97 Å². The minimum atomic E-state index is -0.420. The van der Waals surface area contributed by atoms with Gasteiger partial charge in [-0.05, 0) is 31.2 Å². The maximum Gasteiger partial charge on any atom is 0.237 e. The molecule has 1 fully saturated rings. The molecule has 8 nitrogen and oxygen atoms in total. The molecule has 0 spiro atoms. The molecule has 2 heterocycles. The van der Waals surface area contributed by atoms with Crippen LogP contribution in [0, 0.1) is 11.3 Å². The molecule has 1 aromatic heterocycles. The molecular formula is C18H20N6O2S. The van der Waals surface area contributed by atoms with Gasteiger partial charge in [-0.2, -0.15) is 5.26 Å². The lowest BCUT2D eigenvalue weighted by Crippen LogP contribution is -2.36. The molecule has 140 valence electrons. The lowest BCUT2D eigenvalue weighted by molar-refractivity contribution is -0.115. The molecule has 0 bridgehead atoms. The molecule has 1 aliphatic heterocycles. The zero-order chi connectivity index (χ0) is 19.2. The number of amides is 1. The van der Waals surface area contributed by atoms with E-state index in [1.165, 1.54) is 18.0 Å². The number of hydrogen-bond acceptors (Lipinski definition) is 8. The number of carbonyl (C=O) groups is 1. The summed E-state index contributed by atoms with van der Waals surface area (Å²) in [4.78, 5) is 22.8. The highest BCUT2D eigenvalue weighted by Gasteiger charge is 2.17. The number of nitriles is 1. The molecule has 27 heavy (non-hydrogen) atoms. The Kier molecular flexibility index (Phi) is 6.11. The first-order chi connectivity index (χ1) is 13.1. The molecule has 2 aromatic rings. The van der Waals surface area contributed by atoms with Crippen LogP contribution in [0.4, 0.5) is 17.2 Å². The Morgan fingerprint density at radius 3 is 2.70 bits per heavy atom. The number of benzene rings is 1. The quantitative estimate of drug-likeness (QED) is 0.593. The Labute approximate surface area is 161 Å². The summed E-state index contributed by atoms with van der Waals surface area (Å²) in [6.45, 7) is 4.96. The molecule has 0 aliphatic carbocycles. The lowest BCUT2D eigenvalue weighted by Gasteiger charge is -2.28. The maximum atomic E-state index is 12.4. The summed E-state index contributed by atoms with van der Waals surface area (Å²) in [5.41, 5.74) is 7.74. The number of anilines is 3. The van der Waals surface area contributed by atoms with E-state index in [4.69, 9.17) is 15.7 Å². The summed E-state index contributed by atoms with van der Waals surface area (Å²) < 4.78 is 5.36. The van der Waals surface area contributed by atoms with Gasteiger partial charge in [0.1, 0.15) is 17.5 Å². The largest absolute Gasteiger partial charge is 0.382 e. The maximum absolute atomic E-state index is 12.4. The number of aromatic nitrogens is 2. The molecule has 1 amide bonds. The zero-order valence-electron chi connectivity index (χ0n) is 14.9. The fraction of sp³-hybridized carbons (Fsp3) is 0.333. The van der Waals surface area contributed by atoms with E-state index in [9.17, 15) is 4.79 Å². The van der Waals surface area contributed by atoms with Crippen LogP contribution >= 0.6 is 11.8 Å². The van der Waals surface area contributed by atoms with E-state index in [2.05, 4.69) is 20.2 Å². The monoisotopic (exact) mass is 384 g/mol. The molecule has 0 radical (unpaired) electrons. The van der Waals surface area contributed by atoms with Crippen LogP contribution in [0.2, 0.25) is 0 Å². The highest BCUT2D eigenvalue weighted by molar-refractivity contribution is 8.00. The highest BCUT2D eigenvalue weighted by atomic mass is 32.2. The molecule has 3 N–H and O–H groups in total. The summed E-state index contributed by atoms with van der Waals surface area (Å²) in [7, 11) is 0. The first kappa shape index (κ1) is 18.9. The third kappa shape index (κ3) is 4.87. The second-order valence-electron chi connectivity index (χ2n) is 5.96. The summed E-state index contributed by atoms with van der Waals surface area (Å²) in [6, 6.07) is 9.66. The van der Waals surface area contributed by atoms with Crippen LogP contribution in [0.3, 0.4) is 0 Å². The molecule has 1 atom stereocenters. The average molecular weight is 384 g/mol. The van der Waals surface area contributed by atoms with Crippen LogP contribution in [0.5, 0.6) is 0 Å². The number of ether oxygens (including phenoxy) is 1. The van der Waals surface area contributed by atoms with Gasteiger partial charge in [0.15, 0.2) is 5.16 Å². The number of nitrogens with zero attached hydrogens (tertiary/aromatic N) is 4. The van der Waals surface area contributed by atoms with Gasteiger partial charge in [-0.25, -0.2) is 9.97 Å². The number of hydrogen-bond donors (Lipinski definition) is 2. The SMILES string of the molecule is C[C@H](Sc1ncc(C#N)c(N)n1)C(=O)Nc1ccc(N2CCOCC2)cc1. The van der Waals surface area contributed by atoms with E-state index in [-0.39, 0.29) is 17.3 Å². The number of morpholine rings is 1. The molecule has 9 heteroatoms. The summed E-state index contributed by atoms with van der Waals surface area (Å²) in [5.74, 6) is -0.0491. The Morgan fingerprint density at radius 1 is 1.37 bits per heavy atom. The van der Waals surface area contributed by atoms with Crippen molar-refractivity contribution in [2.45, 2.75) is 17.3 Å². The fourth-order valence-electron chi connectivity index (χ4n) is 2.55. The standard InChI is InChI=1S/C18H20N6O2S/c1-12(27-18-21-11-13(10-19)16(20)23-18)17(25)22-14-2-4-15(5-3-14)24-6-8-26-9-7-24/h2-5,11-12H,6-9H2,1H3,(H,22,25)(H2,20,21,23)/t12-/m0/s1. The second kappa shape index (κ2) is 8.70. The van der Waals surface area contributed by atoms with Crippen LogP contribution < -0.4 is 16.0 Å². The Hall–Kier alpha value is -2.83. The van der Waals surface area contributed by atoms with Crippen molar-refractivity contribution in [2.24, 2.45) is 0 Å². The van der Waals surface area contributed by atoms with Crippen molar-refractivity contribution in [3.63, 3.8) is 0 Å². The predicted octanol–water partition coefficient (Wildman–Crippen LogP) is 1.89. The van der Waals surface area contributed by atoms with Gasteiger partial charge in [0.05, 0.1) is 24.7 Å². The second-order valence-corrected chi connectivity index (χ2v) is 7.27. The van der Waals surface area contributed by atoms with Gasteiger partial charge < -0.3 is 20.7 Å². The zero-order valence-corrected chi connectivity index (χ0v) is 15.7. The van der Waals surface area contributed by atoms with E-state index < -0.39 is 5.25 Å². The van der Waals surface area contributed by atoms with Crippen LogP contribution in [-0.4, -0.2) is 47.4 Å². The Balaban J connectivity index is 1.57. The molecule has 3 rings (SSSR count). The van der Waals surface area contributed by atoms with Crippen molar-refractivity contribution in [3.8, 4) is 6.07 Å². The molecule has 0 unspecified atom stereocenters. The minimum absolute atomic E-state index is 0.112. The van der Waals surface area contributed by atoms with Gasteiger partial charge >= 0.3 is 0 Å². The Bertz CT molecular complexity index is 846. The summed E-state index contributed by atoms with van der Waals surface area (Å²) in [5, 5.41) is 11.7. The van der Waals surface area contributed by atoms with E-state index in [1.54, 1.807) is 6.92 Å². The van der Waals surface area contributed by atoms with E-state index >= 15 is 0 Å². The van der Waals surface area contributed by atoms with Crippen molar-refractivity contribution in [1.29, 1.82) is 5.26 Å². The van der Waals surface area contributed by atoms with Gasteiger partial charge in [0.25, 0.3) is 0 Å². The predicted molar refractivity (Wildman–Crippen MR) is 105 cm³/mol. The van der Waals surface area contributed by atoms with E-state index in [0.717, 1.165) is 37.7 Å².